The third-order valence-electron chi connectivity index (χ3n) is 3.60. The van der Waals surface area contributed by atoms with Crippen LogP contribution in [0.1, 0.15) is 51.0 Å². The molecule has 0 aliphatic heterocycles. The predicted molar refractivity (Wildman–Crippen MR) is 79.5 cm³/mol. The van der Waals surface area contributed by atoms with Crippen LogP contribution in [0, 0.1) is 0 Å². The molecule has 0 aliphatic carbocycles. The van der Waals surface area contributed by atoms with Crippen LogP contribution in [-0.4, -0.2) is 34.9 Å². The normalized spacial score (nSPS) is 11.2. The lowest BCUT2D eigenvalue weighted by molar-refractivity contribution is 0.0614. The fourth-order valence-electron chi connectivity index (χ4n) is 1.59. The summed E-state index contributed by atoms with van der Waals surface area (Å²) in [5, 5.41) is 3.20. The second-order valence-corrected chi connectivity index (χ2v) is 5.37. The van der Waals surface area contributed by atoms with E-state index in [1.165, 1.54) is 0 Å². The van der Waals surface area contributed by atoms with E-state index in [4.69, 9.17) is 0 Å². The SMILES string of the molecule is CCCNc1cccc(C(=O)N(C)C(C)(C)CC)n1. The number of hydrogen-bond acceptors (Lipinski definition) is 3. The molecular formula is C15H25N3O. The van der Waals surface area contributed by atoms with E-state index in [0.29, 0.717) is 5.69 Å². The van der Waals surface area contributed by atoms with Crippen molar-refractivity contribution in [3.05, 3.63) is 23.9 Å². The molecule has 1 N–H and O–H groups in total. The second-order valence-electron chi connectivity index (χ2n) is 5.37. The molecule has 4 heteroatoms. The van der Waals surface area contributed by atoms with E-state index in [2.05, 4.69) is 38.0 Å². The van der Waals surface area contributed by atoms with Gasteiger partial charge in [0, 0.05) is 19.1 Å². The third kappa shape index (κ3) is 3.94. The minimum atomic E-state index is -0.161. The lowest BCUT2D eigenvalue weighted by Crippen LogP contribution is -2.44. The molecule has 0 spiro atoms. The Morgan fingerprint density at radius 1 is 1.37 bits per heavy atom. The summed E-state index contributed by atoms with van der Waals surface area (Å²) in [4.78, 5) is 18.6. The predicted octanol–water partition coefficient (Wildman–Crippen LogP) is 3.16. The number of nitrogens with zero attached hydrogens (tertiary/aromatic N) is 2. The quantitative estimate of drug-likeness (QED) is 0.857. The Balaban J connectivity index is 2.88. The van der Waals surface area contributed by atoms with Gasteiger partial charge in [-0.2, -0.15) is 0 Å². The largest absolute Gasteiger partial charge is 0.370 e. The molecule has 0 saturated heterocycles. The molecule has 0 radical (unpaired) electrons. The number of carbonyl (C=O) groups is 1. The maximum Gasteiger partial charge on any atom is 0.272 e. The van der Waals surface area contributed by atoms with Crippen molar-refractivity contribution in [1.82, 2.24) is 9.88 Å². The Hall–Kier alpha value is -1.58. The molecule has 0 unspecified atom stereocenters. The molecule has 0 saturated carbocycles. The smallest absolute Gasteiger partial charge is 0.272 e. The van der Waals surface area contributed by atoms with E-state index in [0.717, 1.165) is 25.2 Å². The summed E-state index contributed by atoms with van der Waals surface area (Å²) in [6.07, 6.45) is 1.94. The Kier molecular flexibility index (Phi) is 5.33. The van der Waals surface area contributed by atoms with Gasteiger partial charge in [-0.15, -0.1) is 0 Å². The van der Waals surface area contributed by atoms with Crippen LogP contribution in [0.5, 0.6) is 0 Å². The molecule has 1 aromatic rings. The molecule has 1 amide bonds. The molecule has 19 heavy (non-hydrogen) atoms. The van der Waals surface area contributed by atoms with E-state index in [1.807, 2.05) is 19.2 Å². The standard InChI is InChI=1S/C15H25N3O/c1-6-11-16-13-10-8-9-12(17-13)14(19)18(5)15(3,4)7-2/h8-10H,6-7,11H2,1-5H3,(H,16,17). The summed E-state index contributed by atoms with van der Waals surface area (Å²) in [5.41, 5.74) is 0.330. The van der Waals surface area contributed by atoms with Crippen molar-refractivity contribution in [3.63, 3.8) is 0 Å². The maximum absolute atomic E-state index is 12.4. The van der Waals surface area contributed by atoms with E-state index >= 15 is 0 Å². The summed E-state index contributed by atoms with van der Waals surface area (Å²) in [6, 6.07) is 5.52. The molecule has 0 aromatic carbocycles. The molecular weight excluding hydrogens is 238 g/mol. The van der Waals surface area contributed by atoms with Crippen LogP contribution in [0.25, 0.3) is 0 Å². The van der Waals surface area contributed by atoms with Crippen molar-refractivity contribution in [3.8, 4) is 0 Å². The molecule has 4 nitrogen and oxygen atoms in total. The van der Waals surface area contributed by atoms with Crippen LogP contribution in [0.15, 0.2) is 18.2 Å². The number of hydrogen-bond donors (Lipinski definition) is 1. The Morgan fingerprint density at radius 2 is 2.05 bits per heavy atom. The van der Waals surface area contributed by atoms with Gasteiger partial charge >= 0.3 is 0 Å². The van der Waals surface area contributed by atoms with Gasteiger partial charge in [0.25, 0.3) is 5.91 Å². The molecule has 1 rings (SSSR count). The molecule has 1 heterocycles. The number of rotatable bonds is 6. The van der Waals surface area contributed by atoms with Crippen LogP contribution in [0.3, 0.4) is 0 Å². The fourth-order valence-corrected chi connectivity index (χ4v) is 1.59. The zero-order chi connectivity index (χ0) is 14.5. The number of carbonyl (C=O) groups excluding carboxylic acids is 1. The van der Waals surface area contributed by atoms with Crippen LogP contribution in [-0.2, 0) is 0 Å². The van der Waals surface area contributed by atoms with Crippen LogP contribution in [0.2, 0.25) is 0 Å². The van der Waals surface area contributed by atoms with Crippen molar-refractivity contribution in [2.75, 3.05) is 18.9 Å². The maximum atomic E-state index is 12.4. The average Bonchev–Trinajstić information content (AvgIpc) is 2.43. The third-order valence-corrected chi connectivity index (χ3v) is 3.60. The Morgan fingerprint density at radius 3 is 2.63 bits per heavy atom. The van der Waals surface area contributed by atoms with E-state index in [-0.39, 0.29) is 11.4 Å². The highest BCUT2D eigenvalue weighted by atomic mass is 16.2. The van der Waals surface area contributed by atoms with Crippen molar-refractivity contribution in [2.45, 2.75) is 46.1 Å². The summed E-state index contributed by atoms with van der Waals surface area (Å²) in [6.45, 7) is 9.16. The number of nitrogens with one attached hydrogen (secondary N) is 1. The Bertz CT molecular complexity index is 429. The van der Waals surface area contributed by atoms with Crippen molar-refractivity contribution in [2.24, 2.45) is 0 Å². The van der Waals surface area contributed by atoms with Gasteiger partial charge in [-0.1, -0.05) is 19.9 Å². The van der Waals surface area contributed by atoms with Gasteiger partial charge in [0.2, 0.25) is 0 Å². The van der Waals surface area contributed by atoms with Crippen LogP contribution >= 0.6 is 0 Å². The van der Waals surface area contributed by atoms with E-state index in [1.54, 1.807) is 11.0 Å². The first-order chi connectivity index (χ1) is 8.92. The highest BCUT2D eigenvalue weighted by molar-refractivity contribution is 5.93. The first kappa shape index (κ1) is 15.5. The van der Waals surface area contributed by atoms with Gasteiger partial charge in [0.05, 0.1) is 0 Å². The van der Waals surface area contributed by atoms with Crippen LogP contribution < -0.4 is 5.32 Å². The van der Waals surface area contributed by atoms with Gasteiger partial charge < -0.3 is 10.2 Å². The molecule has 0 bridgehead atoms. The average molecular weight is 263 g/mol. The molecule has 0 aliphatic rings. The number of anilines is 1. The van der Waals surface area contributed by atoms with Crippen molar-refractivity contribution >= 4 is 11.7 Å². The lowest BCUT2D eigenvalue weighted by atomic mass is 9.99. The fraction of sp³-hybridized carbons (Fsp3) is 0.600. The van der Waals surface area contributed by atoms with Gasteiger partial charge in [-0.05, 0) is 38.8 Å². The first-order valence-corrected chi connectivity index (χ1v) is 6.91. The Labute approximate surface area is 116 Å². The minimum Gasteiger partial charge on any atom is -0.370 e. The molecule has 106 valence electrons. The van der Waals surface area contributed by atoms with Crippen molar-refractivity contribution < 1.29 is 4.79 Å². The molecule has 0 atom stereocenters. The van der Waals surface area contributed by atoms with Gasteiger partial charge in [-0.3, -0.25) is 4.79 Å². The summed E-state index contributed by atoms with van der Waals surface area (Å²) >= 11 is 0. The highest BCUT2D eigenvalue weighted by Crippen LogP contribution is 2.19. The van der Waals surface area contributed by atoms with Crippen LogP contribution in [0.4, 0.5) is 5.82 Å². The lowest BCUT2D eigenvalue weighted by Gasteiger charge is -2.34. The number of aromatic nitrogens is 1. The highest BCUT2D eigenvalue weighted by Gasteiger charge is 2.27. The molecule has 0 fully saturated rings. The van der Waals surface area contributed by atoms with E-state index in [9.17, 15) is 4.79 Å². The second kappa shape index (κ2) is 6.55. The zero-order valence-electron chi connectivity index (χ0n) is 12.7. The number of amides is 1. The summed E-state index contributed by atoms with van der Waals surface area (Å²) in [5.74, 6) is 0.724. The van der Waals surface area contributed by atoms with Gasteiger partial charge in [0.15, 0.2) is 0 Å². The number of pyridine rings is 1. The first-order valence-electron chi connectivity index (χ1n) is 6.91. The topological polar surface area (TPSA) is 45.2 Å². The van der Waals surface area contributed by atoms with Gasteiger partial charge in [-0.25, -0.2) is 4.98 Å². The van der Waals surface area contributed by atoms with Crippen molar-refractivity contribution in [1.29, 1.82) is 0 Å². The van der Waals surface area contributed by atoms with Gasteiger partial charge in [0.1, 0.15) is 11.5 Å². The summed E-state index contributed by atoms with van der Waals surface area (Å²) < 4.78 is 0. The molecule has 1 aromatic heterocycles. The zero-order valence-corrected chi connectivity index (χ0v) is 12.7. The van der Waals surface area contributed by atoms with E-state index < -0.39 is 0 Å². The monoisotopic (exact) mass is 263 g/mol. The summed E-state index contributed by atoms with van der Waals surface area (Å²) in [7, 11) is 1.83. The minimum absolute atomic E-state index is 0.0352.